The second-order valence-corrected chi connectivity index (χ2v) is 7.00. The Morgan fingerprint density at radius 3 is 2.75 bits per heavy atom. The average Bonchev–Trinajstić information content (AvgIpc) is 3.12. The van der Waals surface area contributed by atoms with E-state index in [1.54, 1.807) is 14.2 Å². The van der Waals surface area contributed by atoms with Crippen LogP contribution in [-0.2, 0) is 11.3 Å². The van der Waals surface area contributed by atoms with E-state index < -0.39 is 0 Å². The Morgan fingerprint density at radius 2 is 2.18 bits per heavy atom. The molecule has 1 fully saturated rings. The van der Waals surface area contributed by atoms with Gasteiger partial charge in [0.15, 0.2) is 17.5 Å². The SMILES string of the molecule is CCOc1c(Cl)cc(CNC(=NC)NCC2(CCO)CCOC2)cc1OC.I. The van der Waals surface area contributed by atoms with Crippen molar-refractivity contribution in [2.75, 3.05) is 47.1 Å². The number of ether oxygens (including phenoxy) is 3. The van der Waals surface area contributed by atoms with Crippen LogP contribution in [0.5, 0.6) is 11.5 Å². The maximum absolute atomic E-state index is 9.34. The Balaban J connectivity index is 0.00000392. The molecule has 1 aliphatic heterocycles. The smallest absolute Gasteiger partial charge is 0.191 e. The van der Waals surface area contributed by atoms with Crippen molar-refractivity contribution in [1.29, 1.82) is 0 Å². The summed E-state index contributed by atoms with van der Waals surface area (Å²) in [5, 5.41) is 16.5. The summed E-state index contributed by atoms with van der Waals surface area (Å²) in [6.07, 6.45) is 1.64. The lowest BCUT2D eigenvalue weighted by molar-refractivity contribution is 0.127. The van der Waals surface area contributed by atoms with Crippen LogP contribution >= 0.6 is 35.6 Å². The second-order valence-electron chi connectivity index (χ2n) is 6.60. The van der Waals surface area contributed by atoms with Gasteiger partial charge in [0.1, 0.15) is 0 Å². The highest BCUT2D eigenvalue weighted by atomic mass is 127. The van der Waals surface area contributed by atoms with Crippen molar-refractivity contribution in [1.82, 2.24) is 10.6 Å². The summed E-state index contributed by atoms with van der Waals surface area (Å²) >= 11 is 6.33. The maximum Gasteiger partial charge on any atom is 0.191 e. The summed E-state index contributed by atoms with van der Waals surface area (Å²) < 4.78 is 16.5. The number of halogens is 2. The van der Waals surface area contributed by atoms with E-state index >= 15 is 0 Å². The number of rotatable bonds is 9. The van der Waals surface area contributed by atoms with Gasteiger partial charge in [-0.3, -0.25) is 4.99 Å². The van der Waals surface area contributed by atoms with Crippen molar-refractivity contribution >= 4 is 41.5 Å². The number of benzene rings is 1. The van der Waals surface area contributed by atoms with Gasteiger partial charge in [0, 0.05) is 38.8 Å². The zero-order valence-corrected chi connectivity index (χ0v) is 19.8. The summed E-state index contributed by atoms with van der Waals surface area (Å²) in [6.45, 7) is 5.19. The van der Waals surface area contributed by atoms with Gasteiger partial charge in [-0.25, -0.2) is 0 Å². The van der Waals surface area contributed by atoms with Crippen molar-refractivity contribution in [3.8, 4) is 11.5 Å². The number of aliphatic imine (C=N–C) groups is 1. The Morgan fingerprint density at radius 1 is 1.39 bits per heavy atom. The lowest BCUT2D eigenvalue weighted by Crippen LogP contribution is -2.44. The molecule has 0 radical (unpaired) electrons. The van der Waals surface area contributed by atoms with Gasteiger partial charge >= 0.3 is 0 Å². The standard InChI is InChI=1S/C19H30ClN3O4.HI/c1-4-27-17-15(20)9-14(10-16(17)25-3)11-22-18(21-2)23-12-19(5-7-24)6-8-26-13-19;/h9-10,24H,4-8,11-13H2,1-3H3,(H2,21,22,23);1H. The van der Waals surface area contributed by atoms with Gasteiger partial charge < -0.3 is 30.0 Å². The number of aliphatic hydroxyl groups excluding tert-OH is 1. The highest BCUT2D eigenvalue weighted by Gasteiger charge is 2.34. The molecule has 1 unspecified atom stereocenters. The number of methoxy groups -OCH3 is 1. The molecule has 0 saturated carbocycles. The van der Waals surface area contributed by atoms with Gasteiger partial charge in [-0.2, -0.15) is 0 Å². The molecular weight excluding hydrogens is 497 g/mol. The normalized spacial score (nSPS) is 19.1. The molecule has 1 aromatic rings. The fourth-order valence-corrected chi connectivity index (χ4v) is 3.44. The molecule has 7 nitrogen and oxygen atoms in total. The molecule has 0 bridgehead atoms. The number of nitrogens with one attached hydrogen (secondary N) is 2. The predicted octanol–water partition coefficient (Wildman–Crippen LogP) is 2.82. The molecule has 1 heterocycles. The Bertz CT molecular complexity index is 640. The first-order chi connectivity index (χ1) is 13.1. The highest BCUT2D eigenvalue weighted by molar-refractivity contribution is 14.0. The minimum Gasteiger partial charge on any atom is -0.493 e. The molecular formula is C19H31ClIN3O4. The van der Waals surface area contributed by atoms with Crippen LogP contribution in [0.3, 0.4) is 0 Å². The summed E-state index contributed by atoms with van der Waals surface area (Å²) in [7, 11) is 3.32. The van der Waals surface area contributed by atoms with E-state index in [0.717, 1.165) is 18.6 Å². The van der Waals surface area contributed by atoms with Gasteiger partial charge in [0.2, 0.25) is 0 Å². The van der Waals surface area contributed by atoms with Crippen LogP contribution in [0, 0.1) is 5.41 Å². The van der Waals surface area contributed by atoms with E-state index in [0.29, 0.717) is 55.2 Å². The molecule has 1 atom stereocenters. The molecule has 3 N–H and O–H groups in total. The molecule has 9 heteroatoms. The third kappa shape index (κ3) is 6.82. The number of hydrogen-bond acceptors (Lipinski definition) is 5. The first-order valence-corrected chi connectivity index (χ1v) is 9.57. The molecule has 1 aromatic carbocycles. The van der Waals surface area contributed by atoms with E-state index in [-0.39, 0.29) is 36.0 Å². The van der Waals surface area contributed by atoms with Gasteiger partial charge in [0.05, 0.1) is 25.3 Å². The first kappa shape index (κ1) is 25.1. The molecule has 2 rings (SSSR count). The minimum absolute atomic E-state index is 0. The zero-order valence-electron chi connectivity index (χ0n) is 16.7. The number of nitrogens with zero attached hydrogens (tertiary/aromatic N) is 1. The van der Waals surface area contributed by atoms with Crippen LogP contribution in [0.4, 0.5) is 0 Å². The fourth-order valence-electron chi connectivity index (χ4n) is 3.15. The average molecular weight is 528 g/mol. The number of hydrogen-bond donors (Lipinski definition) is 3. The quantitative estimate of drug-likeness (QED) is 0.260. The van der Waals surface area contributed by atoms with E-state index in [4.69, 9.17) is 25.8 Å². The second kappa shape index (κ2) is 12.6. The minimum atomic E-state index is -0.0436. The van der Waals surface area contributed by atoms with Crippen LogP contribution in [0.25, 0.3) is 0 Å². The third-order valence-electron chi connectivity index (χ3n) is 4.72. The van der Waals surface area contributed by atoms with E-state index in [1.807, 2.05) is 19.1 Å². The Hall–Kier alpha value is -0.970. The highest BCUT2D eigenvalue weighted by Crippen LogP contribution is 2.36. The molecule has 160 valence electrons. The Labute approximate surface area is 189 Å². The lowest BCUT2D eigenvalue weighted by Gasteiger charge is -2.27. The topological polar surface area (TPSA) is 84.3 Å². The molecule has 1 saturated heterocycles. The largest absolute Gasteiger partial charge is 0.493 e. The van der Waals surface area contributed by atoms with Crippen LogP contribution in [-0.4, -0.2) is 58.2 Å². The molecule has 0 aromatic heterocycles. The van der Waals surface area contributed by atoms with Crippen molar-refractivity contribution < 1.29 is 19.3 Å². The molecule has 0 aliphatic carbocycles. The van der Waals surface area contributed by atoms with Crippen molar-refractivity contribution in [2.45, 2.75) is 26.3 Å². The summed E-state index contributed by atoms with van der Waals surface area (Å²) in [6, 6.07) is 3.75. The van der Waals surface area contributed by atoms with Crippen LogP contribution in [0.15, 0.2) is 17.1 Å². The van der Waals surface area contributed by atoms with Gasteiger partial charge in [-0.05, 0) is 37.5 Å². The van der Waals surface area contributed by atoms with Crippen LogP contribution in [0.2, 0.25) is 5.02 Å². The number of guanidine groups is 1. The molecule has 28 heavy (non-hydrogen) atoms. The summed E-state index contributed by atoms with van der Waals surface area (Å²) in [4.78, 5) is 4.27. The Kier molecular flexibility index (Phi) is 11.2. The lowest BCUT2D eigenvalue weighted by atomic mass is 9.84. The van der Waals surface area contributed by atoms with E-state index in [9.17, 15) is 5.11 Å². The van der Waals surface area contributed by atoms with E-state index in [2.05, 4.69) is 15.6 Å². The van der Waals surface area contributed by atoms with Crippen molar-refractivity contribution in [2.24, 2.45) is 10.4 Å². The fraction of sp³-hybridized carbons (Fsp3) is 0.632. The third-order valence-corrected chi connectivity index (χ3v) is 5.00. The van der Waals surface area contributed by atoms with Gasteiger partial charge in [0.25, 0.3) is 0 Å². The first-order valence-electron chi connectivity index (χ1n) is 9.20. The monoisotopic (exact) mass is 527 g/mol. The molecule has 0 amide bonds. The van der Waals surface area contributed by atoms with Crippen molar-refractivity contribution in [3.05, 3.63) is 22.7 Å². The van der Waals surface area contributed by atoms with Gasteiger partial charge in [-0.15, -0.1) is 24.0 Å². The van der Waals surface area contributed by atoms with Crippen LogP contribution in [0.1, 0.15) is 25.3 Å². The zero-order chi connectivity index (χ0) is 19.7. The van der Waals surface area contributed by atoms with E-state index in [1.165, 1.54) is 0 Å². The van der Waals surface area contributed by atoms with Gasteiger partial charge in [-0.1, -0.05) is 11.6 Å². The summed E-state index contributed by atoms with van der Waals surface area (Å²) in [5.74, 6) is 1.84. The molecule has 1 aliphatic rings. The molecule has 0 spiro atoms. The van der Waals surface area contributed by atoms with Crippen LogP contribution < -0.4 is 20.1 Å². The number of aliphatic hydroxyl groups is 1. The summed E-state index contributed by atoms with van der Waals surface area (Å²) in [5.41, 5.74) is 0.912. The van der Waals surface area contributed by atoms with Crippen molar-refractivity contribution in [3.63, 3.8) is 0 Å². The maximum atomic E-state index is 9.34. The predicted molar refractivity (Wildman–Crippen MR) is 122 cm³/mol.